The largest absolute Gasteiger partial charge is 0.353 e. The van der Waals surface area contributed by atoms with Gasteiger partial charge in [-0.15, -0.1) is 23.7 Å². The van der Waals surface area contributed by atoms with Gasteiger partial charge in [0.2, 0.25) is 15.9 Å². The van der Waals surface area contributed by atoms with E-state index >= 15 is 0 Å². The second kappa shape index (κ2) is 9.37. The average molecular weight is 356 g/mol. The molecule has 6 nitrogen and oxygen atoms in total. The van der Waals surface area contributed by atoms with E-state index in [0.29, 0.717) is 0 Å². The number of halogens is 1. The molecule has 0 aliphatic carbocycles. The van der Waals surface area contributed by atoms with Crippen molar-refractivity contribution in [1.82, 2.24) is 10.0 Å². The molecular weight excluding hydrogens is 334 g/mol. The van der Waals surface area contributed by atoms with Gasteiger partial charge in [0.1, 0.15) is 4.21 Å². The highest BCUT2D eigenvalue weighted by Gasteiger charge is 2.19. The van der Waals surface area contributed by atoms with Crippen molar-refractivity contribution in [3.05, 3.63) is 17.5 Å². The summed E-state index contributed by atoms with van der Waals surface area (Å²) in [6, 6.07) is 2.64. The number of thiophene rings is 1. The number of hydrogen-bond acceptors (Lipinski definition) is 5. The van der Waals surface area contributed by atoms with Gasteiger partial charge in [-0.2, -0.15) is 0 Å². The van der Waals surface area contributed by atoms with Crippen LogP contribution < -0.4 is 15.8 Å². The molecule has 1 rings (SSSR count). The number of hydrogen-bond donors (Lipinski definition) is 3. The van der Waals surface area contributed by atoms with Crippen LogP contribution in [0.3, 0.4) is 0 Å². The fourth-order valence-electron chi connectivity index (χ4n) is 1.49. The summed E-state index contributed by atoms with van der Waals surface area (Å²) in [6.45, 7) is 4.23. The lowest BCUT2D eigenvalue weighted by Gasteiger charge is -2.17. The molecule has 0 spiro atoms. The fraction of sp³-hybridized carbons (Fsp3) is 0.583. The van der Waals surface area contributed by atoms with Crippen LogP contribution in [-0.4, -0.2) is 33.5 Å². The van der Waals surface area contributed by atoms with Gasteiger partial charge in [-0.3, -0.25) is 4.79 Å². The van der Waals surface area contributed by atoms with Crippen molar-refractivity contribution in [3.63, 3.8) is 0 Å². The summed E-state index contributed by atoms with van der Waals surface area (Å²) < 4.78 is 26.3. The summed E-state index contributed by atoms with van der Waals surface area (Å²) in [4.78, 5) is 11.7. The Morgan fingerprint density at radius 3 is 2.62 bits per heavy atom. The lowest BCUT2D eigenvalue weighted by Crippen LogP contribution is -2.46. The molecular formula is C12H22ClN3O3S2. The molecule has 0 saturated carbocycles. The van der Waals surface area contributed by atoms with Gasteiger partial charge in [0.05, 0.1) is 6.04 Å². The van der Waals surface area contributed by atoms with Crippen LogP contribution in [0.5, 0.6) is 0 Å². The zero-order chi connectivity index (χ0) is 15.2. The number of amides is 1. The van der Waals surface area contributed by atoms with Crippen molar-refractivity contribution in [1.29, 1.82) is 0 Å². The van der Waals surface area contributed by atoms with E-state index in [2.05, 4.69) is 10.0 Å². The maximum absolute atomic E-state index is 11.8. The Bertz CT molecular complexity index is 520. The summed E-state index contributed by atoms with van der Waals surface area (Å²) in [5.41, 5.74) is 5.77. The summed E-state index contributed by atoms with van der Waals surface area (Å²) in [5.74, 6) is -0.160. The van der Waals surface area contributed by atoms with E-state index in [1.807, 2.05) is 13.8 Å². The zero-order valence-corrected chi connectivity index (χ0v) is 14.5. The van der Waals surface area contributed by atoms with Crippen molar-refractivity contribution >= 4 is 39.7 Å². The van der Waals surface area contributed by atoms with E-state index in [1.54, 1.807) is 11.4 Å². The molecule has 1 aromatic rings. The first-order valence-corrected chi connectivity index (χ1v) is 8.81. The number of nitrogens with one attached hydrogen (secondary N) is 2. The van der Waals surface area contributed by atoms with Crippen molar-refractivity contribution in [2.45, 2.75) is 30.5 Å². The average Bonchev–Trinajstić information content (AvgIpc) is 2.96. The number of carbonyl (C=O) groups is 1. The zero-order valence-electron chi connectivity index (χ0n) is 12.0. The van der Waals surface area contributed by atoms with E-state index < -0.39 is 16.1 Å². The molecule has 1 aromatic heterocycles. The molecule has 0 aliphatic heterocycles. The highest BCUT2D eigenvalue weighted by atomic mass is 35.5. The number of sulfonamides is 1. The molecule has 2 atom stereocenters. The minimum atomic E-state index is -3.47. The van der Waals surface area contributed by atoms with Crippen LogP contribution in [0.1, 0.15) is 20.3 Å². The Morgan fingerprint density at radius 2 is 2.10 bits per heavy atom. The lowest BCUT2D eigenvalue weighted by molar-refractivity contribution is -0.123. The first kappa shape index (κ1) is 20.3. The molecule has 0 bridgehead atoms. The number of rotatable bonds is 8. The third-order valence-corrected chi connectivity index (χ3v) is 5.89. The van der Waals surface area contributed by atoms with Crippen LogP contribution in [0.25, 0.3) is 0 Å². The fourth-order valence-corrected chi connectivity index (χ4v) is 3.56. The second-order valence-electron chi connectivity index (χ2n) is 4.53. The van der Waals surface area contributed by atoms with Gasteiger partial charge in [0.15, 0.2) is 0 Å². The van der Waals surface area contributed by atoms with Gasteiger partial charge in [0, 0.05) is 13.1 Å². The summed E-state index contributed by atoms with van der Waals surface area (Å²) in [5, 5.41) is 4.32. The molecule has 21 heavy (non-hydrogen) atoms. The minimum absolute atomic E-state index is 0. The minimum Gasteiger partial charge on any atom is -0.353 e. The summed E-state index contributed by atoms with van der Waals surface area (Å²) in [6.07, 6.45) is 0.819. The van der Waals surface area contributed by atoms with E-state index in [-0.39, 0.29) is 41.5 Å². The van der Waals surface area contributed by atoms with Gasteiger partial charge in [-0.1, -0.05) is 26.3 Å². The maximum atomic E-state index is 11.8. The molecule has 1 heterocycles. The third-order valence-electron chi connectivity index (χ3n) is 3.04. The number of nitrogens with two attached hydrogens (primary N) is 1. The van der Waals surface area contributed by atoms with Crippen molar-refractivity contribution < 1.29 is 13.2 Å². The molecule has 0 aliphatic rings. The van der Waals surface area contributed by atoms with Crippen molar-refractivity contribution in [2.24, 2.45) is 11.7 Å². The Kier molecular flexibility index (Phi) is 9.07. The summed E-state index contributed by atoms with van der Waals surface area (Å²) in [7, 11) is -3.47. The highest BCUT2D eigenvalue weighted by Crippen LogP contribution is 2.14. The smallest absolute Gasteiger partial charge is 0.250 e. The Balaban J connectivity index is 0.00000400. The predicted molar refractivity (Wildman–Crippen MR) is 87.2 cm³/mol. The topological polar surface area (TPSA) is 101 Å². The van der Waals surface area contributed by atoms with Crippen LogP contribution in [-0.2, 0) is 14.8 Å². The van der Waals surface area contributed by atoms with E-state index in [0.717, 1.165) is 17.8 Å². The van der Waals surface area contributed by atoms with Crippen molar-refractivity contribution in [3.8, 4) is 0 Å². The van der Waals surface area contributed by atoms with Crippen LogP contribution in [0.2, 0.25) is 0 Å². The molecule has 122 valence electrons. The highest BCUT2D eigenvalue weighted by molar-refractivity contribution is 7.91. The molecule has 2 unspecified atom stereocenters. The van der Waals surface area contributed by atoms with E-state index in [4.69, 9.17) is 5.73 Å². The quantitative estimate of drug-likeness (QED) is 0.604. The van der Waals surface area contributed by atoms with Gasteiger partial charge in [0.25, 0.3) is 0 Å². The standard InChI is InChI=1S/C12H21N3O3S2.ClH/c1-3-9(2)11(13)12(16)14-6-7-15-20(17,18)10-5-4-8-19-10;/h4-5,8-9,11,15H,3,6-7,13H2,1-2H3,(H,14,16);1H. The lowest BCUT2D eigenvalue weighted by atomic mass is 9.99. The van der Waals surface area contributed by atoms with Crippen LogP contribution >= 0.6 is 23.7 Å². The molecule has 0 fully saturated rings. The maximum Gasteiger partial charge on any atom is 0.250 e. The van der Waals surface area contributed by atoms with Gasteiger partial charge < -0.3 is 11.1 Å². The predicted octanol–water partition coefficient (Wildman–Crippen LogP) is 0.938. The molecule has 0 radical (unpaired) electrons. The van der Waals surface area contributed by atoms with Crippen LogP contribution in [0.15, 0.2) is 21.7 Å². The second-order valence-corrected chi connectivity index (χ2v) is 7.47. The molecule has 1 amide bonds. The van der Waals surface area contributed by atoms with Gasteiger partial charge in [-0.05, 0) is 17.4 Å². The summed E-state index contributed by atoms with van der Waals surface area (Å²) >= 11 is 1.15. The Labute approximate surface area is 136 Å². The van der Waals surface area contributed by atoms with E-state index in [1.165, 1.54) is 6.07 Å². The monoisotopic (exact) mass is 355 g/mol. The molecule has 4 N–H and O–H groups in total. The number of carbonyl (C=O) groups excluding carboxylic acids is 1. The SMILES string of the molecule is CCC(C)C(N)C(=O)NCCNS(=O)(=O)c1cccs1.Cl. The normalized spacial score (nSPS) is 14.0. The molecule has 9 heteroatoms. The Morgan fingerprint density at radius 1 is 1.43 bits per heavy atom. The first-order valence-electron chi connectivity index (χ1n) is 6.45. The Hall–Kier alpha value is -0.670. The van der Waals surface area contributed by atoms with Crippen molar-refractivity contribution in [2.75, 3.05) is 13.1 Å². The van der Waals surface area contributed by atoms with Crippen LogP contribution in [0.4, 0.5) is 0 Å². The van der Waals surface area contributed by atoms with Crippen LogP contribution in [0, 0.1) is 5.92 Å². The first-order chi connectivity index (χ1) is 9.38. The third kappa shape index (κ3) is 6.31. The molecule has 0 saturated heterocycles. The molecule has 0 aromatic carbocycles. The van der Waals surface area contributed by atoms with E-state index in [9.17, 15) is 13.2 Å². The van der Waals surface area contributed by atoms with Gasteiger partial charge >= 0.3 is 0 Å². The van der Waals surface area contributed by atoms with Gasteiger partial charge in [-0.25, -0.2) is 13.1 Å².